The summed E-state index contributed by atoms with van der Waals surface area (Å²) < 4.78 is 52.8. The quantitative estimate of drug-likeness (QED) is 0.843. The fraction of sp³-hybridized carbons (Fsp3) is 0.0909. The van der Waals surface area contributed by atoms with E-state index in [2.05, 4.69) is 0 Å². The number of nitrogen functional groups attached to an aromatic ring is 1. The summed E-state index contributed by atoms with van der Waals surface area (Å²) in [5, 5.41) is 1.63. The molecule has 3 N–H and O–H groups in total. The lowest BCUT2D eigenvalue weighted by Crippen LogP contribution is -2.14. The summed E-state index contributed by atoms with van der Waals surface area (Å²) >= 11 is 6.77. The van der Waals surface area contributed by atoms with Crippen LogP contribution in [0.4, 0.5) is 20.2 Å². The molecule has 0 bridgehead atoms. The van der Waals surface area contributed by atoms with Crippen molar-refractivity contribution in [1.29, 1.82) is 0 Å². The fourth-order valence-corrected chi connectivity index (χ4v) is 4.36. The van der Waals surface area contributed by atoms with E-state index in [1.807, 2.05) is 4.72 Å². The predicted octanol–water partition coefficient (Wildman–Crippen LogP) is 3.37. The summed E-state index contributed by atoms with van der Waals surface area (Å²) in [5.41, 5.74) is 4.57. The van der Waals surface area contributed by atoms with Gasteiger partial charge in [-0.05, 0) is 30.0 Å². The van der Waals surface area contributed by atoms with E-state index in [0.29, 0.717) is 5.56 Å². The Hall–Kier alpha value is -1.38. The normalized spacial score (nSPS) is 11.6. The highest BCUT2D eigenvalue weighted by Crippen LogP contribution is 2.33. The lowest BCUT2D eigenvalue weighted by atomic mass is 10.2. The first kappa shape index (κ1) is 15.0. The molecule has 1 aromatic heterocycles. The van der Waals surface area contributed by atoms with E-state index >= 15 is 0 Å². The van der Waals surface area contributed by atoms with E-state index in [-0.39, 0.29) is 9.23 Å². The zero-order valence-corrected chi connectivity index (χ0v) is 12.5. The second-order valence-electron chi connectivity index (χ2n) is 3.95. The van der Waals surface area contributed by atoms with Gasteiger partial charge in [-0.25, -0.2) is 17.2 Å². The van der Waals surface area contributed by atoms with E-state index in [0.717, 1.165) is 23.5 Å². The molecule has 0 aliphatic rings. The molecule has 0 atom stereocenters. The number of thiophene rings is 1. The first-order valence-electron chi connectivity index (χ1n) is 5.24. The van der Waals surface area contributed by atoms with Crippen molar-refractivity contribution in [2.75, 3.05) is 10.5 Å². The number of benzene rings is 1. The van der Waals surface area contributed by atoms with E-state index in [1.54, 1.807) is 12.3 Å². The molecule has 0 fully saturated rings. The molecule has 2 rings (SSSR count). The van der Waals surface area contributed by atoms with Crippen LogP contribution in [0.1, 0.15) is 5.56 Å². The van der Waals surface area contributed by atoms with Gasteiger partial charge in [-0.1, -0.05) is 11.6 Å². The number of nitrogens with two attached hydrogens (primary N) is 1. The highest BCUT2D eigenvalue weighted by atomic mass is 35.5. The van der Waals surface area contributed by atoms with Crippen LogP contribution >= 0.6 is 22.9 Å². The zero-order valence-electron chi connectivity index (χ0n) is 10.1. The van der Waals surface area contributed by atoms with Gasteiger partial charge in [0.05, 0.1) is 10.7 Å². The van der Waals surface area contributed by atoms with Crippen molar-refractivity contribution < 1.29 is 17.2 Å². The van der Waals surface area contributed by atoms with Gasteiger partial charge >= 0.3 is 0 Å². The van der Waals surface area contributed by atoms with Crippen LogP contribution in [0.2, 0.25) is 5.02 Å². The number of halogens is 3. The molecule has 0 amide bonds. The molecular weight excluding hydrogens is 330 g/mol. The van der Waals surface area contributed by atoms with Crippen LogP contribution in [-0.2, 0) is 10.0 Å². The Bertz CT molecular complexity index is 775. The Morgan fingerprint density at radius 2 is 2.00 bits per heavy atom. The van der Waals surface area contributed by atoms with Crippen molar-refractivity contribution in [1.82, 2.24) is 0 Å². The molecule has 0 aliphatic heterocycles. The summed E-state index contributed by atoms with van der Waals surface area (Å²) in [6.07, 6.45) is 0. The molecule has 0 spiro atoms. The summed E-state index contributed by atoms with van der Waals surface area (Å²) in [6, 6.07) is 1.82. The minimum absolute atomic E-state index is 0.0676. The van der Waals surface area contributed by atoms with E-state index < -0.39 is 33.0 Å². The second-order valence-corrected chi connectivity index (χ2v) is 7.08. The molecule has 4 nitrogen and oxygen atoms in total. The Balaban J connectivity index is 2.44. The van der Waals surface area contributed by atoms with Crippen molar-refractivity contribution in [3.63, 3.8) is 0 Å². The summed E-state index contributed by atoms with van der Waals surface area (Å²) in [4.78, 5) is 0. The van der Waals surface area contributed by atoms with Crippen molar-refractivity contribution >= 4 is 44.3 Å². The van der Waals surface area contributed by atoms with Gasteiger partial charge in [0.25, 0.3) is 10.0 Å². The van der Waals surface area contributed by atoms with Crippen LogP contribution in [0.5, 0.6) is 0 Å². The fourth-order valence-electron chi connectivity index (χ4n) is 1.43. The monoisotopic (exact) mass is 338 g/mol. The predicted molar refractivity (Wildman–Crippen MR) is 75.6 cm³/mol. The SMILES string of the molecule is Cc1csc(S(=O)(=O)Nc2ccc(F)c(N)c2F)c1Cl. The van der Waals surface area contributed by atoms with Gasteiger partial charge in [-0.2, -0.15) is 0 Å². The number of rotatable bonds is 3. The molecule has 20 heavy (non-hydrogen) atoms. The molecule has 1 heterocycles. The topological polar surface area (TPSA) is 72.2 Å². The number of anilines is 2. The average molecular weight is 339 g/mol. The summed E-state index contributed by atoms with van der Waals surface area (Å²) in [6.45, 7) is 1.65. The van der Waals surface area contributed by atoms with Gasteiger partial charge in [-0.15, -0.1) is 11.3 Å². The van der Waals surface area contributed by atoms with Crippen LogP contribution < -0.4 is 10.5 Å². The lowest BCUT2D eigenvalue weighted by molar-refractivity contribution is 0.590. The van der Waals surface area contributed by atoms with Crippen LogP contribution in [0, 0.1) is 18.6 Å². The standard InChI is InChI=1S/C11H9ClF2N2O2S2/c1-5-4-19-11(8(5)12)20(17,18)16-7-3-2-6(13)10(15)9(7)14/h2-4,16H,15H2,1H3. The van der Waals surface area contributed by atoms with Crippen LogP contribution in [0.15, 0.2) is 21.7 Å². The van der Waals surface area contributed by atoms with E-state index in [4.69, 9.17) is 17.3 Å². The minimum Gasteiger partial charge on any atom is -0.394 e. The van der Waals surface area contributed by atoms with Gasteiger partial charge in [0.1, 0.15) is 11.5 Å². The molecule has 0 radical (unpaired) electrons. The molecule has 0 saturated carbocycles. The molecule has 2 aromatic rings. The highest BCUT2D eigenvalue weighted by molar-refractivity contribution is 7.94. The minimum atomic E-state index is -4.06. The third-order valence-electron chi connectivity index (χ3n) is 2.48. The Labute approximate surface area is 123 Å². The Morgan fingerprint density at radius 1 is 1.35 bits per heavy atom. The van der Waals surface area contributed by atoms with E-state index in [9.17, 15) is 17.2 Å². The molecule has 9 heteroatoms. The molecular formula is C11H9ClF2N2O2S2. The molecule has 0 saturated heterocycles. The Kier molecular flexibility index (Phi) is 3.90. The number of hydrogen-bond acceptors (Lipinski definition) is 4. The molecule has 0 aliphatic carbocycles. The first-order valence-corrected chi connectivity index (χ1v) is 7.98. The van der Waals surface area contributed by atoms with Crippen molar-refractivity contribution in [3.8, 4) is 0 Å². The van der Waals surface area contributed by atoms with Crippen molar-refractivity contribution in [2.24, 2.45) is 0 Å². The maximum Gasteiger partial charge on any atom is 0.273 e. The largest absolute Gasteiger partial charge is 0.394 e. The maximum atomic E-state index is 13.7. The third kappa shape index (κ3) is 2.58. The number of nitrogens with one attached hydrogen (secondary N) is 1. The second kappa shape index (κ2) is 5.19. The summed E-state index contributed by atoms with van der Waals surface area (Å²) in [5.74, 6) is -2.13. The summed E-state index contributed by atoms with van der Waals surface area (Å²) in [7, 11) is -4.06. The Morgan fingerprint density at radius 3 is 2.55 bits per heavy atom. The zero-order chi connectivity index (χ0) is 15.1. The number of hydrogen-bond donors (Lipinski definition) is 2. The first-order chi connectivity index (χ1) is 9.24. The van der Waals surface area contributed by atoms with Crippen LogP contribution in [0.3, 0.4) is 0 Å². The van der Waals surface area contributed by atoms with Crippen LogP contribution in [0.25, 0.3) is 0 Å². The van der Waals surface area contributed by atoms with Gasteiger partial charge < -0.3 is 5.73 Å². The smallest absolute Gasteiger partial charge is 0.273 e. The molecule has 0 unspecified atom stereocenters. The lowest BCUT2D eigenvalue weighted by Gasteiger charge is -2.09. The number of sulfonamides is 1. The molecule has 108 valence electrons. The van der Waals surface area contributed by atoms with Gasteiger partial charge in [0, 0.05) is 0 Å². The van der Waals surface area contributed by atoms with Crippen molar-refractivity contribution in [3.05, 3.63) is 39.7 Å². The van der Waals surface area contributed by atoms with E-state index in [1.165, 1.54) is 0 Å². The average Bonchev–Trinajstić information content (AvgIpc) is 2.71. The maximum absolute atomic E-state index is 13.7. The van der Waals surface area contributed by atoms with Gasteiger partial charge in [-0.3, -0.25) is 4.72 Å². The highest BCUT2D eigenvalue weighted by Gasteiger charge is 2.23. The third-order valence-corrected chi connectivity index (χ3v) is 6.21. The number of aryl methyl sites for hydroxylation is 1. The van der Waals surface area contributed by atoms with Crippen molar-refractivity contribution in [2.45, 2.75) is 11.1 Å². The van der Waals surface area contributed by atoms with Crippen LogP contribution in [-0.4, -0.2) is 8.42 Å². The van der Waals surface area contributed by atoms with Gasteiger partial charge in [0.15, 0.2) is 10.0 Å². The molecule has 1 aromatic carbocycles. The van der Waals surface area contributed by atoms with Gasteiger partial charge in [0.2, 0.25) is 0 Å².